The van der Waals surface area contributed by atoms with Crippen LogP contribution < -0.4 is 5.56 Å². The van der Waals surface area contributed by atoms with Crippen molar-refractivity contribution in [2.75, 3.05) is 0 Å². The van der Waals surface area contributed by atoms with E-state index in [9.17, 15) is 9.18 Å². The maximum atomic E-state index is 13.9. The smallest absolute Gasteiger partial charge is 0.257 e. The minimum Gasteiger partial charge on any atom is -0.292 e. The summed E-state index contributed by atoms with van der Waals surface area (Å²) in [4.78, 5) is 16.9. The summed E-state index contributed by atoms with van der Waals surface area (Å²) < 4.78 is 15.4. The molecule has 0 radical (unpaired) electrons. The van der Waals surface area contributed by atoms with Crippen LogP contribution in [-0.2, 0) is 19.4 Å². The lowest BCUT2D eigenvalue weighted by Crippen LogP contribution is -2.28. The zero-order valence-corrected chi connectivity index (χ0v) is 11.9. The topological polar surface area (TPSA) is 34.9 Å². The van der Waals surface area contributed by atoms with Crippen LogP contribution in [0.4, 0.5) is 4.39 Å². The molecular weight excluding hydrogens is 279 g/mol. The van der Waals surface area contributed by atoms with Crippen LogP contribution in [0.5, 0.6) is 0 Å². The van der Waals surface area contributed by atoms with E-state index in [1.54, 1.807) is 19.1 Å². The standard InChI is InChI=1S/C15H14ClFN2O/c1-9-18-14-7-2-4-10(14)15(20)19(9)8-11-12(16)5-3-6-13(11)17/h3,5-6H,2,4,7-8H2,1H3. The maximum absolute atomic E-state index is 13.9. The third-order valence-electron chi connectivity index (χ3n) is 3.76. The first-order chi connectivity index (χ1) is 9.58. The Kier molecular flexibility index (Phi) is 3.34. The molecule has 3 rings (SSSR count). The quantitative estimate of drug-likeness (QED) is 0.853. The van der Waals surface area contributed by atoms with E-state index in [2.05, 4.69) is 4.98 Å². The van der Waals surface area contributed by atoms with Crippen molar-refractivity contribution in [3.63, 3.8) is 0 Å². The molecule has 1 aromatic carbocycles. The van der Waals surface area contributed by atoms with Gasteiger partial charge in [-0.25, -0.2) is 9.37 Å². The average Bonchev–Trinajstić information content (AvgIpc) is 2.85. The van der Waals surface area contributed by atoms with Crippen molar-refractivity contribution in [2.24, 2.45) is 0 Å². The van der Waals surface area contributed by atoms with Crippen LogP contribution in [0.2, 0.25) is 5.02 Å². The summed E-state index contributed by atoms with van der Waals surface area (Å²) in [7, 11) is 0. The Labute approximate surface area is 121 Å². The first kappa shape index (κ1) is 13.3. The van der Waals surface area contributed by atoms with Crippen LogP contribution >= 0.6 is 11.6 Å². The molecule has 104 valence electrons. The largest absolute Gasteiger partial charge is 0.292 e. The van der Waals surface area contributed by atoms with E-state index in [0.29, 0.717) is 16.4 Å². The number of hydrogen-bond donors (Lipinski definition) is 0. The summed E-state index contributed by atoms with van der Waals surface area (Å²) in [5.41, 5.74) is 1.93. The Bertz CT molecular complexity index is 719. The van der Waals surface area contributed by atoms with Gasteiger partial charge in [-0.1, -0.05) is 17.7 Å². The molecule has 0 spiro atoms. The molecule has 0 unspecified atom stereocenters. The van der Waals surface area contributed by atoms with E-state index in [1.165, 1.54) is 10.6 Å². The molecule has 0 bridgehead atoms. The molecule has 0 atom stereocenters. The van der Waals surface area contributed by atoms with Crippen LogP contribution in [-0.4, -0.2) is 9.55 Å². The summed E-state index contributed by atoms with van der Waals surface area (Å²) in [6, 6.07) is 4.53. The van der Waals surface area contributed by atoms with E-state index in [-0.39, 0.29) is 12.1 Å². The summed E-state index contributed by atoms with van der Waals surface area (Å²) in [6.45, 7) is 1.89. The number of hydrogen-bond acceptors (Lipinski definition) is 2. The van der Waals surface area contributed by atoms with Crippen molar-refractivity contribution in [2.45, 2.75) is 32.7 Å². The average molecular weight is 293 g/mol. The third kappa shape index (κ3) is 2.14. The molecule has 1 aliphatic rings. The van der Waals surface area contributed by atoms with Crippen molar-refractivity contribution in [1.82, 2.24) is 9.55 Å². The van der Waals surface area contributed by atoms with Crippen LogP contribution in [0.15, 0.2) is 23.0 Å². The summed E-state index contributed by atoms with van der Waals surface area (Å²) in [6.07, 6.45) is 2.57. The molecule has 0 fully saturated rings. The first-order valence-electron chi connectivity index (χ1n) is 6.60. The Morgan fingerprint density at radius 1 is 1.40 bits per heavy atom. The van der Waals surface area contributed by atoms with Crippen LogP contribution in [0.3, 0.4) is 0 Å². The highest BCUT2D eigenvalue weighted by atomic mass is 35.5. The van der Waals surface area contributed by atoms with Gasteiger partial charge in [0.15, 0.2) is 0 Å². The van der Waals surface area contributed by atoms with Gasteiger partial charge in [-0.15, -0.1) is 0 Å². The molecule has 1 heterocycles. The van der Waals surface area contributed by atoms with Crippen molar-refractivity contribution >= 4 is 11.6 Å². The number of halogens is 2. The molecule has 1 aliphatic carbocycles. The van der Waals surface area contributed by atoms with Crippen LogP contribution in [0.25, 0.3) is 0 Å². The second-order valence-corrected chi connectivity index (χ2v) is 5.44. The van der Waals surface area contributed by atoms with E-state index >= 15 is 0 Å². The van der Waals surface area contributed by atoms with Gasteiger partial charge in [-0.2, -0.15) is 0 Å². The van der Waals surface area contributed by atoms with Gasteiger partial charge in [0.25, 0.3) is 5.56 Å². The number of fused-ring (bicyclic) bond motifs is 1. The van der Waals surface area contributed by atoms with E-state index in [0.717, 1.165) is 30.5 Å². The van der Waals surface area contributed by atoms with Gasteiger partial charge in [0.2, 0.25) is 0 Å². The molecule has 0 saturated carbocycles. The van der Waals surface area contributed by atoms with Crippen molar-refractivity contribution in [3.05, 3.63) is 62.0 Å². The minimum atomic E-state index is -0.399. The number of aryl methyl sites for hydroxylation is 2. The van der Waals surface area contributed by atoms with Gasteiger partial charge < -0.3 is 0 Å². The monoisotopic (exact) mass is 292 g/mol. The number of rotatable bonds is 2. The highest BCUT2D eigenvalue weighted by Crippen LogP contribution is 2.21. The predicted octanol–water partition coefficient (Wildman–Crippen LogP) is 2.88. The zero-order chi connectivity index (χ0) is 14.3. The summed E-state index contributed by atoms with van der Waals surface area (Å²) in [5.74, 6) is 0.208. The Balaban J connectivity index is 2.10. The molecule has 0 N–H and O–H groups in total. The van der Waals surface area contributed by atoms with Gasteiger partial charge in [0.05, 0.1) is 12.2 Å². The number of nitrogens with zero attached hydrogens (tertiary/aromatic N) is 2. The predicted molar refractivity (Wildman–Crippen MR) is 75.8 cm³/mol. The lowest BCUT2D eigenvalue weighted by molar-refractivity contribution is 0.588. The van der Waals surface area contributed by atoms with Crippen molar-refractivity contribution < 1.29 is 4.39 Å². The van der Waals surface area contributed by atoms with Gasteiger partial charge >= 0.3 is 0 Å². The molecule has 0 aliphatic heterocycles. The Morgan fingerprint density at radius 3 is 2.95 bits per heavy atom. The van der Waals surface area contributed by atoms with Crippen LogP contribution in [0.1, 0.15) is 29.1 Å². The molecule has 20 heavy (non-hydrogen) atoms. The highest BCUT2D eigenvalue weighted by molar-refractivity contribution is 6.31. The normalized spacial score (nSPS) is 13.6. The second kappa shape index (κ2) is 5.02. The second-order valence-electron chi connectivity index (χ2n) is 5.03. The van der Waals surface area contributed by atoms with Gasteiger partial charge in [-0.3, -0.25) is 9.36 Å². The van der Waals surface area contributed by atoms with E-state index in [4.69, 9.17) is 11.6 Å². The fraction of sp³-hybridized carbons (Fsp3) is 0.333. The third-order valence-corrected chi connectivity index (χ3v) is 4.11. The summed E-state index contributed by atoms with van der Waals surface area (Å²) in [5, 5.41) is 0.330. The molecule has 3 nitrogen and oxygen atoms in total. The van der Waals surface area contributed by atoms with Gasteiger partial charge in [0.1, 0.15) is 11.6 Å². The number of benzene rings is 1. The highest BCUT2D eigenvalue weighted by Gasteiger charge is 2.20. The minimum absolute atomic E-state index is 0.0654. The van der Waals surface area contributed by atoms with Gasteiger partial charge in [0, 0.05) is 16.1 Å². The summed E-state index contributed by atoms with van der Waals surface area (Å²) >= 11 is 6.03. The maximum Gasteiger partial charge on any atom is 0.257 e. The lowest BCUT2D eigenvalue weighted by atomic mass is 10.2. The molecular formula is C15H14ClFN2O. The molecule has 1 aromatic heterocycles. The molecule has 5 heteroatoms. The lowest BCUT2D eigenvalue weighted by Gasteiger charge is -2.13. The van der Waals surface area contributed by atoms with E-state index in [1.807, 2.05) is 0 Å². The van der Waals surface area contributed by atoms with E-state index < -0.39 is 5.82 Å². The van der Waals surface area contributed by atoms with Gasteiger partial charge in [-0.05, 0) is 38.3 Å². The fourth-order valence-corrected chi connectivity index (χ4v) is 2.90. The molecule has 0 saturated heterocycles. The van der Waals surface area contributed by atoms with Crippen LogP contribution in [0, 0.1) is 12.7 Å². The fourth-order valence-electron chi connectivity index (χ4n) is 2.67. The Hall–Kier alpha value is -1.68. The number of aromatic nitrogens is 2. The molecule has 2 aromatic rings. The SMILES string of the molecule is Cc1nc2c(c(=O)n1Cc1c(F)cccc1Cl)CCC2. The van der Waals surface area contributed by atoms with Crippen molar-refractivity contribution in [3.8, 4) is 0 Å². The Morgan fingerprint density at radius 2 is 2.20 bits per heavy atom. The molecule has 0 amide bonds. The van der Waals surface area contributed by atoms with Crippen molar-refractivity contribution in [1.29, 1.82) is 0 Å². The zero-order valence-electron chi connectivity index (χ0n) is 11.1. The first-order valence-corrected chi connectivity index (χ1v) is 6.98.